The van der Waals surface area contributed by atoms with Crippen LogP contribution in [0.1, 0.15) is 16.3 Å². The Kier molecular flexibility index (Phi) is 6.38. The van der Waals surface area contributed by atoms with Crippen LogP contribution in [0.2, 0.25) is 0 Å². The minimum Gasteiger partial charge on any atom is -0.497 e. The fourth-order valence-corrected chi connectivity index (χ4v) is 4.16. The molecule has 29 heavy (non-hydrogen) atoms. The first-order valence-electron chi connectivity index (χ1n) is 8.93. The van der Waals surface area contributed by atoms with Gasteiger partial charge in [0.1, 0.15) is 23.1 Å². The molecule has 0 N–H and O–H groups in total. The van der Waals surface area contributed by atoms with Gasteiger partial charge < -0.3 is 9.47 Å². The van der Waals surface area contributed by atoms with Crippen LogP contribution in [0.15, 0.2) is 65.1 Å². The summed E-state index contributed by atoms with van der Waals surface area (Å²) in [4.78, 5) is 4.64. The Hall–Kier alpha value is -2.91. The smallest absolute Gasteiger partial charge is 0.210 e. The first kappa shape index (κ1) is 19.4. The monoisotopic (exact) mass is 425 g/mol. The second-order valence-corrected chi connectivity index (χ2v) is 7.98. The summed E-state index contributed by atoms with van der Waals surface area (Å²) in [6.45, 7) is 1.07. The molecule has 0 fully saturated rings. The van der Waals surface area contributed by atoms with E-state index in [1.807, 2.05) is 60.0 Å². The summed E-state index contributed by atoms with van der Waals surface area (Å²) in [6, 6.07) is 17.6. The topological polar surface area (TPSA) is 75.0 Å². The Bertz CT molecular complexity index is 1030. The number of para-hydroxylation sites is 1. The Morgan fingerprint density at radius 2 is 1.86 bits per heavy atom. The Morgan fingerprint density at radius 1 is 1.03 bits per heavy atom. The molecule has 2 aromatic carbocycles. The third kappa shape index (κ3) is 5.33. The van der Waals surface area contributed by atoms with E-state index in [9.17, 15) is 0 Å². The first-order valence-corrected chi connectivity index (χ1v) is 10.8. The molecule has 0 spiro atoms. The number of hydrogen-bond acceptors (Lipinski definition) is 8. The molecule has 9 heteroatoms. The minimum atomic E-state index is 0.467. The van der Waals surface area contributed by atoms with Crippen molar-refractivity contribution in [3.05, 3.63) is 76.2 Å². The van der Waals surface area contributed by atoms with Crippen molar-refractivity contribution in [2.75, 3.05) is 7.11 Å². The van der Waals surface area contributed by atoms with Crippen molar-refractivity contribution in [1.29, 1.82) is 0 Å². The fraction of sp³-hybridized carbons (Fsp3) is 0.200. The van der Waals surface area contributed by atoms with Crippen LogP contribution in [0.25, 0.3) is 0 Å². The number of methoxy groups -OCH3 is 1. The third-order valence-corrected chi connectivity index (χ3v) is 5.91. The molecule has 2 aromatic heterocycles. The molecule has 2 heterocycles. The van der Waals surface area contributed by atoms with Gasteiger partial charge in [-0.3, -0.25) is 0 Å². The van der Waals surface area contributed by atoms with Crippen molar-refractivity contribution in [2.24, 2.45) is 0 Å². The van der Waals surface area contributed by atoms with Gasteiger partial charge in [-0.15, -0.1) is 16.4 Å². The van der Waals surface area contributed by atoms with Crippen LogP contribution in [0.3, 0.4) is 0 Å². The van der Waals surface area contributed by atoms with Crippen molar-refractivity contribution in [2.45, 2.75) is 24.1 Å². The van der Waals surface area contributed by atoms with Gasteiger partial charge >= 0.3 is 0 Å². The highest BCUT2D eigenvalue weighted by atomic mass is 32.2. The van der Waals surface area contributed by atoms with Gasteiger partial charge in [0.25, 0.3) is 0 Å². The Labute approximate surface area is 176 Å². The second kappa shape index (κ2) is 9.53. The number of nitrogens with zero attached hydrogens (tertiary/aromatic N) is 5. The van der Waals surface area contributed by atoms with E-state index in [0.29, 0.717) is 18.9 Å². The van der Waals surface area contributed by atoms with Gasteiger partial charge in [-0.2, -0.15) is 0 Å². The van der Waals surface area contributed by atoms with Gasteiger partial charge in [-0.05, 0) is 40.3 Å². The molecule has 0 radical (unpaired) electrons. The number of rotatable bonds is 9. The summed E-state index contributed by atoms with van der Waals surface area (Å²) in [7, 11) is 1.66. The number of hydrogen-bond donors (Lipinski definition) is 0. The number of benzene rings is 2. The molecule has 0 saturated carbocycles. The lowest BCUT2D eigenvalue weighted by Gasteiger charge is -2.05. The molecular formula is C20H19N5O2S2. The highest BCUT2D eigenvalue weighted by molar-refractivity contribution is 7.98. The van der Waals surface area contributed by atoms with Gasteiger partial charge in [0, 0.05) is 11.1 Å². The lowest BCUT2D eigenvalue weighted by atomic mass is 10.2. The largest absolute Gasteiger partial charge is 0.497 e. The molecule has 0 aliphatic heterocycles. The van der Waals surface area contributed by atoms with Crippen LogP contribution in [-0.4, -0.2) is 32.3 Å². The van der Waals surface area contributed by atoms with Crippen LogP contribution >= 0.6 is 23.1 Å². The fourth-order valence-electron chi connectivity index (χ4n) is 2.58. The first-order chi connectivity index (χ1) is 14.3. The quantitative estimate of drug-likeness (QED) is 0.374. The number of thioether (sulfide) groups is 1. The molecule has 7 nitrogen and oxygen atoms in total. The van der Waals surface area contributed by atoms with Gasteiger partial charge in [0.05, 0.1) is 19.3 Å². The van der Waals surface area contributed by atoms with E-state index in [1.165, 1.54) is 0 Å². The summed E-state index contributed by atoms with van der Waals surface area (Å²) < 4.78 is 12.7. The molecule has 0 bridgehead atoms. The van der Waals surface area contributed by atoms with Crippen molar-refractivity contribution in [1.82, 2.24) is 25.2 Å². The van der Waals surface area contributed by atoms with Gasteiger partial charge in [-0.25, -0.2) is 9.67 Å². The Morgan fingerprint density at radius 3 is 2.66 bits per heavy atom. The highest BCUT2D eigenvalue weighted by Crippen LogP contribution is 2.23. The third-order valence-electron chi connectivity index (χ3n) is 4.04. The zero-order chi connectivity index (χ0) is 19.9. The number of tetrazole rings is 1. The van der Waals surface area contributed by atoms with Crippen LogP contribution < -0.4 is 9.47 Å². The maximum Gasteiger partial charge on any atom is 0.210 e. The summed E-state index contributed by atoms with van der Waals surface area (Å²) >= 11 is 3.16. The van der Waals surface area contributed by atoms with E-state index >= 15 is 0 Å². The second-order valence-electron chi connectivity index (χ2n) is 6.09. The van der Waals surface area contributed by atoms with Crippen molar-refractivity contribution >= 4 is 23.1 Å². The maximum atomic E-state index is 5.75. The molecule has 4 aromatic rings. The number of ether oxygens (including phenoxy) is 2. The van der Waals surface area contributed by atoms with Crippen molar-refractivity contribution in [3.8, 4) is 11.5 Å². The highest BCUT2D eigenvalue weighted by Gasteiger charge is 2.10. The average molecular weight is 426 g/mol. The SMILES string of the molecule is COc1ccc(Cn2nnnc2SCc2csc(COc3ccccc3)n2)cc1. The molecule has 148 valence electrons. The van der Waals surface area contributed by atoms with E-state index < -0.39 is 0 Å². The standard InChI is InChI=1S/C20H19N5O2S2/c1-26-17-9-7-15(8-10-17)11-25-20(22-23-24-25)29-14-16-13-28-19(21-16)12-27-18-5-3-2-4-6-18/h2-10,13H,11-12,14H2,1H3. The van der Waals surface area contributed by atoms with Crippen LogP contribution in [0.4, 0.5) is 0 Å². The number of aromatic nitrogens is 5. The molecule has 0 aliphatic carbocycles. The van der Waals surface area contributed by atoms with Gasteiger partial charge in [-0.1, -0.05) is 42.1 Å². The summed E-state index contributed by atoms with van der Waals surface area (Å²) in [5.41, 5.74) is 2.10. The normalized spacial score (nSPS) is 10.8. The van der Waals surface area contributed by atoms with Gasteiger partial charge in [0.2, 0.25) is 5.16 Å². The van der Waals surface area contributed by atoms with E-state index in [1.54, 1.807) is 34.9 Å². The molecule has 0 unspecified atom stereocenters. The number of thiazole rings is 1. The lowest BCUT2D eigenvalue weighted by molar-refractivity contribution is 0.305. The van der Waals surface area contributed by atoms with Gasteiger partial charge in [0.15, 0.2) is 0 Å². The molecule has 4 rings (SSSR count). The van der Waals surface area contributed by atoms with Crippen molar-refractivity contribution < 1.29 is 9.47 Å². The molecule has 0 atom stereocenters. The lowest BCUT2D eigenvalue weighted by Crippen LogP contribution is -2.04. The van der Waals surface area contributed by atoms with Crippen molar-refractivity contribution in [3.63, 3.8) is 0 Å². The zero-order valence-corrected chi connectivity index (χ0v) is 17.4. The molecule has 0 aliphatic rings. The zero-order valence-electron chi connectivity index (χ0n) is 15.8. The molecular weight excluding hydrogens is 406 g/mol. The minimum absolute atomic E-state index is 0.467. The van der Waals surface area contributed by atoms with Crippen LogP contribution in [-0.2, 0) is 18.9 Å². The van der Waals surface area contributed by atoms with E-state index in [0.717, 1.165) is 32.9 Å². The summed E-state index contributed by atoms with van der Waals surface area (Å²) in [6.07, 6.45) is 0. The maximum absolute atomic E-state index is 5.75. The van der Waals surface area contributed by atoms with Crippen LogP contribution in [0.5, 0.6) is 11.5 Å². The van der Waals surface area contributed by atoms with Crippen LogP contribution in [0, 0.1) is 0 Å². The predicted molar refractivity (Wildman–Crippen MR) is 112 cm³/mol. The van der Waals surface area contributed by atoms with E-state index in [2.05, 4.69) is 20.5 Å². The molecule has 0 amide bonds. The average Bonchev–Trinajstić information content (AvgIpc) is 3.41. The molecule has 0 saturated heterocycles. The predicted octanol–water partition coefficient (Wildman–Crippen LogP) is 4.06. The Balaban J connectivity index is 1.31. The van der Waals surface area contributed by atoms with E-state index in [-0.39, 0.29) is 0 Å². The summed E-state index contributed by atoms with van der Waals surface area (Å²) in [5.74, 6) is 2.37. The van der Waals surface area contributed by atoms with E-state index in [4.69, 9.17) is 9.47 Å². The summed E-state index contributed by atoms with van der Waals surface area (Å²) in [5, 5.41) is 15.8.